The standard InChI is InChI=1S/C14H27NO2/c1-4-5-10-13(14(16)17-3)15-11-8-6-7-9-12(15)2/h12-13H,4-11H2,1-3H3. The van der Waals surface area contributed by atoms with E-state index >= 15 is 0 Å². The molecule has 0 aromatic heterocycles. The van der Waals surface area contributed by atoms with Gasteiger partial charge >= 0.3 is 5.97 Å². The minimum absolute atomic E-state index is 0.0203. The molecule has 1 rings (SSSR count). The van der Waals surface area contributed by atoms with Crippen LogP contribution in [-0.2, 0) is 9.53 Å². The summed E-state index contributed by atoms with van der Waals surface area (Å²) in [5.74, 6) is -0.0489. The lowest BCUT2D eigenvalue weighted by molar-refractivity contribution is -0.148. The molecule has 17 heavy (non-hydrogen) atoms. The maximum absolute atomic E-state index is 11.9. The number of ether oxygens (including phenoxy) is 1. The zero-order valence-corrected chi connectivity index (χ0v) is 11.6. The summed E-state index contributed by atoms with van der Waals surface area (Å²) in [7, 11) is 1.50. The van der Waals surface area contributed by atoms with Gasteiger partial charge in [0.2, 0.25) is 0 Å². The molecule has 2 atom stereocenters. The fourth-order valence-corrected chi connectivity index (χ4v) is 2.71. The van der Waals surface area contributed by atoms with Crippen molar-refractivity contribution >= 4 is 5.97 Å². The summed E-state index contributed by atoms with van der Waals surface area (Å²) in [4.78, 5) is 14.3. The van der Waals surface area contributed by atoms with E-state index in [0.717, 1.165) is 25.8 Å². The number of unbranched alkanes of at least 4 members (excludes halogenated alkanes) is 1. The van der Waals surface area contributed by atoms with Gasteiger partial charge in [0.25, 0.3) is 0 Å². The Morgan fingerprint density at radius 1 is 1.41 bits per heavy atom. The molecule has 0 spiro atoms. The molecule has 0 aromatic rings. The Morgan fingerprint density at radius 2 is 2.18 bits per heavy atom. The lowest BCUT2D eigenvalue weighted by Gasteiger charge is -2.33. The van der Waals surface area contributed by atoms with Crippen LogP contribution in [0.3, 0.4) is 0 Å². The summed E-state index contributed by atoms with van der Waals surface area (Å²) >= 11 is 0. The molecule has 3 nitrogen and oxygen atoms in total. The smallest absolute Gasteiger partial charge is 0.323 e. The second-order valence-electron chi connectivity index (χ2n) is 5.12. The molecule has 100 valence electrons. The highest BCUT2D eigenvalue weighted by atomic mass is 16.5. The van der Waals surface area contributed by atoms with Crippen LogP contribution in [0.2, 0.25) is 0 Å². The predicted molar refractivity (Wildman–Crippen MR) is 70.0 cm³/mol. The van der Waals surface area contributed by atoms with E-state index in [4.69, 9.17) is 4.74 Å². The summed E-state index contributed by atoms with van der Waals surface area (Å²) in [6, 6.07) is 0.492. The van der Waals surface area contributed by atoms with E-state index in [-0.39, 0.29) is 12.0 Å². The molecule has 0 saturated carbocycles. The Labute approximate surface area is 106 Å². The molecule has 1 aliphatic rings. The van der Waals surface area contributed by atoms with Crippen LogP contribution in [0.1, 0.15) is 58.8 Å². The summed E-state index contributed by atoms with van der Waals surface area (Å²) in [6.45, 7) is 5.46. The van der Waals surface area contributed by atoms with E-state index in [0.29, 0.717) is 6.04 Å². The topological polar surface area (TPSA) is 29.5 Å². The summed E-state index contributed by atoms with van der Waals surface area (Å²) in [5.41, 5.74) is 0. The zero-order valence-electron chi connectivity index (χ0n) is 11.6. The Bertz CT molecular complexity index is 230. The van der Waals surface area contributed by atoms with Gasteiger partial charge in [-0.2, -0.15) is 0 Å². The SMILES string of the molecule is CCCCC(C(=O)OC)N1CCCCCC1C. The third-order valence-electron chi connectivity index (χ3n) is 3.81. The molecule has 1 saturated heterocycles. The molecule has 0 bridgehead atoms. The largest absolute Gasteiger partial charge is 0.468 e. The molecule has 0 aromatic carbocycles. The maximum atomic E-state index is 11.9. The molecule has 0 radical (unpaired) electrons. The van der Waals surface area contributed by atoms with E-state index in [1.54, 1.807) is 0 Å². The van der Waals surface area contributed by atoms with Crippen molar-refractivity contribution in [2.24, 2.45) is 0 Å². The molecule has 3 heteroatoms. The van der Waals surface area contributed by atoms with Crippen molar-refractivity contribution < 1.29 is 9.53 Å². The minimum Gasteiger partial charge on any atom is -0.468 e. The molecule has 0 aliphatic carbocycles. The van der Waals surface area contributed by atoms with Crippen LogP contribution in [0.5, 0.6) is 0 Å². The van der Waals surface area contributed by atoms with Crippen molar-refractivity contribution in [1.82, 2.24) is 4.90 Å². The fourth-order valence-electron chi connectivity index (χ4n) is 2.71. The molecule has 1 aliphatic heterocycles. The molecule has 0 N–H and O–H groups in total. The average Bonchev–Trinajstić information content (AvgIpc) is 2.55. The number of esters is 1. The van der Waals surface area contributed by atoms with Crippen molar-refractivity contribution in [3.8, 4) is 0 Å². The third-order valence-corrected chi connectivity index (χ3v) is 3.81. The van der Waals surface area contributed by atoms with Crippen LogP contribution in [0, 0.1) is 0 Å². The van der Waals surface area contributed by atoms with Gasteiger partial charge < -0.3 is 4.74 Å². The van der Waals surface area contributed by atoms with Crippen molar-refractivity contribution in [2.45, 2.75) is 70.9 Å². The second kappa shape index (κ2) is 7.70. The lowest BCUT2D eigenvalue weighted by Crippen LogP contribution is -2.46. The van der Waals surface area contributed by atoms with Gasteiger partial charge in [-0.1, -0.05) is 32.6 Å². The zero-order chi connectivity index (χ0) is 12.7. The first-order valence-electron chi connectivity index (χ1n) is 7.04. The number of likely N-dealkylation sites (tertiary alicyclic amines) is 1. The summed E-state index contributed by atoms with van der Waals surface area (Å²) in [6.07, 6.45) is 8.18. The van der Waals surface area contributed by atoms with E-state index in [9.17, 15) is 4.79 Å². The van der Waals surface area contributed by atoms with Gasteiger partial charge in [0.15, 0.2) is 0 Å². The van der Waals surface area contributed by atoms with Gasteiger partial charge in [-0.3, -0.25) is 9.69 Å². The van der Waals surface area contributed by atoms with Crippen LogP contribution in [0.25, 0.3) is 0 Å². The van der Waals surface area contributed by atoms with Crippen molar-refractivity contribution in [3.63, 3.8) is 0 Å². The van der Waals surface area contributed by atoms with Gasteiger partial charge in [0, 0.05) is 6.04 Å². The molecule has 1 heterocycles. The number of nitrogens with zero attached hydrogens (tertiary/aromatic N) is 1. The Kier molecular flexibility index (Phi) is 6.56. The van der Waals surface area contributed by atoms with Crippen LogP contribution in [0.4, 0.5) is 0 Å². The second-order valence-corrected chi connectivity index (χ2v) is 5.12. The highest BCUT2D eigenvalue weighted by Gasteiger charge is 2.30. The molecular formula is C14H27NO2. The average molecular weight is 241 g/mol. The number of hydrogen-bond acceptors (Lipinski definition) is 3. The first-order chi connectivity index (χ1) is 8.20. The van der Waals surface area contributed by atoms with Crippen LogP contribution < -0.4 is 0 Å². The van der Waals surface area contributed by atoms with Gasteiger partial charge in [-0.25, -0.2) is 0 Å². The van der Waals surface area contributed by atoms with E-state index in [1.165, 1.54) is 32.8 Å². The number of carbonyl (C=O) groups excluding carboxylic acids is 1. The number of methoxy groups -OCH3 is 1. The van der Waals surface area contributed by atoms with Crippen LogP contribution in [0.15, 0.2) is 0 Å². The van der Waals surface area contributed by atoms with Crippen molar-refractivity contribution in [3.05, 3.63) is 0 Å². The molecule has 2 unspecified atom stereocenters. The van der Waals surface area contributed by atoms with Gasteiger partial charge in [-0.05, 0) is 32.7 Å². The van der Waals surface area contributed by atoms with Crippen LogP contribution in [-0.4, -0.2) is 36.6 Å². The van der Waals surface area contributed by atoms with Crippen LogP contribution >= 0.6 is 0 Å². The highest BCUT2D eigenvalue weighted by molar-refractivity contribution is 5.75. The maximum Gasteiger partial charge on any atom is 0.323 e. The fraction of sp³-hybridized carbons (Fsp3) is 0.929. The van der Waals surface area contributed by atoms with E-state index in [2.05, 4.69) is 18.7 Å². The molecule has 1 fully saturated rings. The summed E-state index contributed by atoms with van der Waals surface area (Å²) < 4.78 is 4.97. The first-order valence-corrected chi connectivity index (χ1v) is 7.04. The predicted octanol–water partition coefficient (Wildman–Crippen LogP) is 2.98. The Balaban J connectivity index is 2.67. The van der Waals surface area contributed by atoms with Gasteiger partial charge in [0.1, 0.15) is 6.04 Å². The number of hydrogen-bond donors (Lipinski definition) is 0. The normalized spacial score (nSPS) is 24.1. The minimum atomic E-state index is -0.0489. The lowest BCUT2D eigenvalue weighted by atomic mass is 10.1. The molecule has 0 amide bonds. The highest BCUT2D eigenvalue weighted by Crippen LogP contribution is 2.22. The van der Waals surface area contributed by atoms with Gasteiger partial charge in [0.05, 0.1) is 7.11 Å². The number of carbonyl (C=O) groups is 1. The third kappa shape index (κ3) is 4.30. The quantitative estimate of drug-likeness (QED) is 0.693. The first kappa shape index (κ1) is 14.5. The Hall–Kier alpha value is -0.570. The monoisotopic (exact) mass is 241 g/mol. The van der Waals surface area contributed by atoms with Crippen molar-refractivity contribution in [1.29, 1.82) is 0 Å². The Morgan fingerprint density at radius 3 is 2.82 bits per heavy atom. The van der Waals surface area contributed by atoms with E-state index in [1.807, 2.05) is 0 Å². The molecular weight excluding hydrogens is 214 g/mol. The van der Waals surface area contributed by atoms with Gasteiger partial charge in [-0.15, -0.1) is 0 Å². The summed E-state index contributed by atoms with van der Waals surface area (Å²) in [5, 5.41) is 0. The van der Waals surface area contributed by atoms with Crippen molar-refractivity contribution in [2.75, 3.05) is 13.7 Å². The number of rotatable bonds is 5. The van der Waals surface area contributed by atoms with E-state index < -0.39 is 0 Å².